The zero-order chi connectivity index (χ0) is 27.4. The van der Waals surface area contributed by atoms with Crippen molar-refractivity contribution < 1.29 is 22.0 Å². The van der Waals surface area contributed by atoms with Gasteiger partial charge in [0, 0.05) is 24.5 Å². The van der Waals surface area contributed by atoms with E-state index in [0.29, 0.717) is 33.6 Å². The fourth-order valence-corrected chi connectivity index (χ4v) is 4.96. The maximum absolute atomic E-state index is 14.8. The van der Waals surface area contributed by atoms with E-state index in [1.807, 2.05) is 0 Å². The lowest BCUT2D eigenvalue weighted by atomic mass is 9.94. The molecule has 0 aliphatic carbocycles. The van der Waals surface area contributed by atoms with Gasteiger partial charge >= 0.3 is 6.18 Å². The summed E-state index contributed by atoms with van der Waals surface area (Å²) in [6.07, 6.45) is -0.884. The quantitative estimate of drug-likeness (QED) is 0.135. The Balaban J connectivity index is 1.75. The van der Waals surface area contributed by atoms with Gasteiger partial charge in [-0.3, -0.25) is 4.99 Å². The third-order valence-corrected chi connectivity index (χ3v) is 6.86. The highest BCUT2D eigenvalue weighted by atomic mass is 32.1. The molecular formula is C25H22F5N7S. The van der Waals surface area contributed by atoms with Gasteiger partial charge in [-0.1, -0.05) is 24.3 Å². The molecule has 0 spiro atoms. The summed E-state index contributed by atoms with van der Waals surface area (Å²) in [4.78, 5) is 14.6. The van der Waals surface area contributed by atoms with E-state index >= 15 is 0 Å². The van der Waals surface area contributed by atoms with E-state index in [4.69, 9.17) is 11.6 Å². The largest absolute Gasteiger partial charge is 0.407 e. The van der Waals surface area contributed by atoms with Crippen LogP contribution in [0.2, 0.25) is 0 Å². The number of hydrogen-bond donors (Lipinski definition) is 2. The van der Waals surface area contributed by atoms with E-state index in [1.165, 1.54) is 12.4 Å². The first-order valence-electron chi connectivity index (χ1n) is 11.2. The van der Waals surface area contributed by atoms with Crippen molar-refractivity contribution in [1.82, 2.24) is 9.97 Å². The number of aliphatic imine (C=N–C) groups is 1. The molecule has 4 rings (SSSR count). The molecule has 2 heterocycles. The van der Waals surface area contributed by atoms with Crippen molar-refractivity contribution in [2.45, 2.75) is 12.2 Å². The number of halogens is 5. The van der Waals surface area contributed by atoms with Crippen LogP contribution in [0.3, 0.4) is 0 Å². The van der Waals surface area contributed by atoms with Crippen molar-refractivity contribution in [2.24, 2.45) is 21.7 Å². The Morgan fingerprint density at radius 1 is 1.11 bits per heavy atom. The molecule has 2 aromatic heterocycles. The first kappa shape index (κ1) is 27.1. The average molecular weight is 548 g/mol. The molecule has 2 aromatic carbocycles. The van der Waals surface area contributed by atoms with Crippen molar-refractivity contribution >= 4 is 39.8 Å². The van der Waals surface area contributed by atoms with Crippen molar-refractivity contribution in [1.29, 1.82) is 0 Å². The molecule has 0 aliphatic rings. The van der Waals surface area contributed by atoms with Gasteiger partial charge < -0.3 is 16.5 Å². The predicted molar refractivity (Wildman–Crippen MR) is 140 cm³/mol. The van der Waals surface area contributed by atoms with E-state index in [-0.39, 0.29) is 22.8 Å². The highest BCUT2D eigenvalue weighted by Gasteiger charge is 2.39. The minimum atomic E-state index is -4.73. The summed E-state index contributed by atoms with van der Waals surface area (Å²) in [6, 6.07) is 7.31. The molecule has 198 valence electrons. The van der Waals surface area contributed by atoms with E-state index in [2.05, 4.69) is 20.1 Å². The number of nitrogens with zero attached hydrogens (tertiary/aromatic N) is 5. The van der Waals surface area contributed by atoms with Crippen LogP contribution in [0, 0.1) is 11.6 Å². The number of thiophene rings is 1. The summed E-state index contributed by atoms with van der Waals surface area (Å²) < 4.78 is 69.9. The van der Waals surface area contributed by atoms with Crippen LogP contribution in [0.15, 0.2) is 58.8 Å². The number of hydrogen-bond acceptors (Lipinski definition) is 8. The molecular weight excluding hydrogens is 525 g/mol. The van der Waals surface area contributed by atoms with Gasteiger partial charge in [-0.25, -0.2) is 18.7 Å². The van der Waals surface area contributed by atoms with Gasteiger partial charge in [-0.05, 0) is 40.3 Å². The summed E-state index contributed by atoms with van der Waals surface area (Å²) >= 11 is 1.12. The maximum atomic E-state index is 14.8. The standard InChI is InChI=1S/C25H22F5N7S/c1-37(10-9-33-7-8-35-32)24-34-13-19(27)21(36-24)20-11-14-3-2-4-16(22(14)38-20)18-12-15(26)5-6-17(18)23(31)25(28,29)30/h2-8,11-13,23H,9-10,31-32H2,1H3/b33-7?,35-8-/t23-/m1/s1. The van der Waals surface area contributed by atoms with Crippen LogP contribution in [0.4, 0.5) is 27.9 Å². The normalized spacial score (nSPS) is 13.1. The molecule has 0 saturated heterocycles. The number of rotatable bonds is 8. The topological polar surface area (TPSA) is 106 Å². The van der Waals surface area contributed by atoms with E-state index in [1.54, 1.807) is 36.2 Å². The molecule has 13 heteroatoms. The lowest BCUT2D eigenvalue weighted by Crippen LogP contribution is -2.29. The maximum Gasteiger partial charge on any atom is 0.407 e. The summed E-state index contributed by atoms with van der Waals surface area (Å²) in [5.74, 6) is 3.89. The van der Waals surface area contributed by atoms with Crippen LogP contribution in [0.25, 0.3) is 31.8 Å². The second-order valence-electron chi connectivity index (χ2n) is 8.23. The Hall–Kier alpha value is -3.97. The molecule has 7 nitrogen and oxygen atoms in total. The highest BCUT2D eigenvalue weighted by Crippen LogP contribution is 2.43. The summed E-state index contributed by atoms with van der Waals surface area (Å²) in [6.45, 7) is 0.819. The smallest absolute Gasteiger partial charge is 0.342 e. The molecule has 4 N–H and O–H groups in total. The highest BCUT2D eigenvalue weighted by molar-refractivity contribution is 7.22. The summed E-state index contributed by atoms with van der Waals surface area (Å²) in [7, 11) is 1.72. The Bertz CT molecular complexity index is 1500. The number of hydrazone groups is 1. The Morgan fingerprint density at radius 3 is 2.63 bits per heavy atom. The van der Waals surface area contributed by atoms with Crippen molar-refractivity contribution in [3.63, 3.8) is 0 Å². The molecule has 38 heavy (non-hydrogen) atoms. The lowest BCUT2D eigenvalue weighted by molar-refractivity contribution is -0.149. The van der Waals surface area contributed by atoms with Crippen LogP contribution >= 0.6 is 11.3 Å². The van der Waals surface area contributed by atoms with Gasteiger partial charge in [0.05, 0.1) is 23.8 Å². The van der Waals surface area contributed by atoms with E-state index < -0.39 is 23.9 Å². The first-order valence-corrected chi connectivity index (χ1v) is 12.0. The van der Waals surface area contributed by atoms with Crippen LogP contribution in [-0.4, -0.2) is 48.7 Å². The zero-order valence-corrected chi connectivity index (χ0v) is 20.8. The van der Waals surface area contributed by atoms with Crippen LogP contribution in [0.5, 0.6) is 0 Å². The molecule has 0 unspecified atom stereocenters. The van der Waals surface area contributed by atoms with Gasteiger partial charge in [0.25, 0.3) is 0 Å². The number of nitrogens with two attached hydrogens (primary N) is 2. The number of anilines is 1. The molecule has 0 fully saturated rings. The van der Waals surface area contributed by atoms with Gasteiger partial charge in [-0.2, -0.15) is 18.3 Å². The van der Waals surface area contributed by atoms with Gasteiger partial charge in [0.1, 0.15) is 17.6 Å². The Morgan fingerprint density at radius 2 is 1.89 bits per heavy atom. The van der Waals surface area contributed by atoms with E-state index in [9.17, 15) is 22.0 Å². The minimum Gasteiger partial charge on any atom is -0.342 e. The van der Waals surface area contributed by atoms with Crippen molar-refractivity contribution in [3.05, 3.63) is 65.9 Å². The Kier molecular flexibility index (Phi) is 7.97. The monoisotopic (exact) mass is 547 g/mol. The number of aromatic nitrogens is 2. The van der Waals surface area contributed by atoms with Crippen LogP contribution in [0.1, 0.15) is 11.6 Å². The van der Waals surface area contributed by atoms with Gasteiger partial charge in [-0.15, -0.1) is 11.3 Å². The first-order chi connectivity index (χ1) is 18.1. The average Bonchev–Trinajstić information content (AvgIpc) is 3.32. The van der Waals surface area contributed by atoms with Crippen molar-refractivity contribution in [3.8, 4) is 21.7 Å². The fourth-order valence-electron chi connectivity index (χ4n) is 3.78. The fraction of sp³-hybridized carbons (Fsp3) is 0.200. The molecule has 0 bridgehead atoms. The molecule has 0 aliphatic heterocycles. The van der Waals surface area contributed by atoms with E-state index in [0.717, 1.165) is 35.7 Å². The number of benzene rings is 2. The van der Waals surface area contributed by atoms with Crippen LogP contribution < -0.4 is 16.5 Å². The predicted octanol–water partition coefficient (Wildman–Crippen LogP) is 5.32. The lowest BCUT2D eigenvalue weighted by Gasteiger charge is -2.20. The molecule has 4 aromatic rings. The molecule has 1 atom stereocenters. The number of likely N-dealkylation sites (N-methyl/N-ethyl adjacent to an activating group) is 1. The number of alkyl halides is 3. The summed E-state index contributed by atoms with van der Waals surface area (Å²) in [5, 5.41) is 3.94. The number of fused-ring (bicyclic) bond motifs is 1. The zero-order valence-electron chi connectivity index (χ0n) is 20.0. The molecule has 0 saturated carbocycles. The SMILES string of the molecule is CN(CCN=C/C=N\N)c1ncc(F)c(-c2cc3cccc(-c4cc(F)ccc4[C@@H](N)C(F)(F)F)c3s2)n1. The van der Waals surface area contributed by atoms with Gasteiger partial charge in [0.2, 0.25) is 5.95 Å². The minimum absolute atomic E-state index is 0.0117. The van der Waals surface area contributed by atoms with Gasteiger partial charge in [0.15, 0.2) is 5.82 Å². The second-order valence-corrected chi connectivity index (χ2v) is 9.28. The molecule has 0 amide bonds. The third kappa shape index (κ3) is 5.78. The van der Waals surface area contributed by atoms with Crippen LogP contribution in [-0.2, 0) is 0 Å². The summed E-state index contributed by atoms with van der Waals surface area (Å²) in [5.41, 5.74) is 5.61. The Labute approximate surface area is 218 Å². The molecule has 0 radical (unpaired) electrons. The third-order valence-electron chi connectivity index (χ3n) is 5.67. The van der Waals surface area contributed by atoms with Crippen molar-refractivity contribution in [2.75, 3.05) is 25.0 Å². The second kappa shape index (κ2) is 11.2.